The molecule has 1 N–H and O–H groups in total. The molecule has 0 aromatic heterocycles. The summed E-state index contributed by atoms with van der Waals surface area (Å²) in [4.78, 5) is 16.7. The first-order valence-corrected chi connectivity index (χ1v) is 5.24. The van der Waals surface area contributed by atoms with Crippen molar-refractivity contribution in [2.75, 3.05) is 27.2 Å². The molecule has 4 nitrogen and oxygen atoms in total. The van der Waals surface area contributed by atoms with E-state index < -0.39 is 0 Å². The SMILES string of the molecule is CON(C)C(=O)C1CC2CNCC2C1. The molecule has 0 radical (unpaired) electrons. The maximum atomic E-state index is 11.8. The summed E-state index contributed by atoms with van der Waals surface area (Å²) < 4.78 is 0. The molecular formula is C10H18N2O2. The van der Waals surface area contributed by atoms with Crippen LogP contribution in [0.15, 0.2) is 0 Å². The molecule has 1 aliphatic carbocycles. The summed E-state index contributed by atoms with van der Waals surface area (Å²) in [7, 11) is 3.23. The van der Waals surface area contributed by atoms with Crippen molar-refractivity contribution in [2.24, 2.45) is 17.8 Å². The molecule has 0 spiro atoms. The summed E-state index contributed by atoms with van der Waals surface area (Å²) in [6.45, 7) is 2.18. The van der Waals surface area contributed by atoms with Crippen LogP contribution in [0.1, 0.15) is 12.8 Å². The molecule has 4 heteroatoms. The van der Waals surface area contributed by atoms with Crippen molar-refractivity contribution in [2.45, 2.75) is 12.8 Å². The number of hydroxylamine groups is 2. The van der Waals surface area contributed by atoms with E-state index in [4.69, 9.17) is 4.84 Å². The van der Waals surface area contributed by atoms with Crippen molar-refractivity contribution >= 4 is 5.91 Å². The van der Waals surface area contributed by atoms with E-state index in [1.807, 2.05) is 0 Å². The third-order valence-corrected chi connectivity index (χ3v) is 3.59. The first-order chi connectivity index (χ1) is 6.72. The molecule has 14 heavy (non-hydrogen) atoms. The smallest absolute Gasteiger partial charge is 0.248 e. The molecule has 2 atom stereocenters. The number of carbonyl (C=O) groups is 1. The van der Waals surface area contributed by atoms with Gasteiger partial charge in [-0.25, -0.2) is 5.06 Å². The molecule has 2 unspecified atom stereocenters. The molecule has 1 saturated heterocycles. The van der Waals surface area contributed by atoms with Gasteiger partial charge >= 0.3 is 0 Å². The van der Waals surface area contributed by atoms with Crippen LogP contribution in [0.5, 0.6) is 0 Å². The zero-order valence-corrected chi connectivity index (χ0v) is 8.82. The van der Waals surface area contributed by atoms with Gasteiger partial charge in [0.2, 0.25) is 5.91 Å². The second kappa shape index (κ2) is 3.87. The third kappa shape index (κ3) is 1.64. The summed E-state index contributed by atoms with van der Waals surface area (Å²) in [5.74, 6) is 1.77. The number of carbonyl (C=O) groups excluding carboxylic acids is 1. The molecule has 2 fully saturated rings. The Bertz CT molecular complexity index is 220. The first-order valence-electron chi connectivity index (χ1n) is 5.24. The van der Waals surface area contributed by atoms with E-state index in [1.54, 1.807) is 7.05 Å². The molecule has 0 bridgehead atoms. The van der Waals surface area contributed by atoms with E-state index in [2.05, 4.69) is 5.32 Å². The van der Waals surface area contributed by atoms with Gasteiger partial charge in [-0.1, -0.05) is 0 Å². The Morgan fingerprint density at radius 1 is 1.36 bits per heavy atom. The van der Waals surface area contributed by atoms with E-state index in [-0.39, 0.29) is 11.8 Å². The molecule has 80 valence electrons. The van der Waals surface area contributed by atoms with Gasteiger partial charge in [0.1, 0.15) is 0 Å². The molecule has 2 aliphatic rings. The van der Waals surface area contributed by atoms with Crippen LogP contribution >= 0.6 is 0 Å². The lowest BCUT2D eigenvalue weighted by Gasteiger charge is -2.18. The fraction of sp³-hybridized carbons (Fsp3) is 0.900. The Labute approximate surface area is 84.6 Å². The van der Waals surface area contributed by atoms with Gasteiger partial charge in [0.25, 0.3) is 0 Å². The minimum absolute atomic E-state index is 0.141. The van der Waals surface area contributed by atoms with E-state index >= 15 is 0 Å². The van der Waals surface area contributed by atoms with Crippen molar-refractivity contribution in [3.8, 4) is 0 Å². The van der Waals surface area contributed by atoms with Gasteiger partial charge in [-0.3, -0.25) is 9.63 Å². The zero-order valence-electron chi connectivity index (χ0n) is 8.82. The molecule has 2 rings (SSSR count). The van der Waals surface area contributed by atoms with E-state index in [1.165, 1.54) is 12.2 Å². The van der Waals surface area contributed by atoms with E-state index in [0.717, 1.165) is 25.9 Å². The summed E-state index contributed by atoms with van der Waals surface area (Å²) in [6.07, 6.45) is 2.06. The van der Waals surface area contributed by atoms with Crippen LogP contribution in [0.2, 0.25) is 0 Å². The average Bonchev–Trinajstić information content (AvgIpc) is 2.74. The van der Waals surface area contributed by atoms with E-state index in [9.17, 15) is 4.79 Å². The Morgan fingerprint density at radius 3 is 2.43 bits per heavy atom. The number of hydrogen-bond acceptors (Lipinski definition) is 3. The Hall–Kier alpha value is -0.610. The number of hydrogen-bond donors (Lipinski definition) is 1. The highest BCUT2D eigenvalue weighted by Gasteiger charge is 2.41. The lowest BCUT2D eigenvalue weighted by molar-refractivity contribution is -0.173. The van der Waals surface area contributed by atoms with Crippen LogP contribution in [0.4, 0.5) is 0 Å². The highest BCUT2D eigenvalue weighted by molar-refractivity contribution is 5.77. The number of fused-ring (bicyclic) bond motifs is 1. The number of amides is 1. The zero-order chi connectivity index (χ0) is 10.1. The van der Waals surface area contributed by atoms with Gasteiger partial charge in [0.15, 0.2) is 0 Å². The summed E-state index contributed by atoms with van der Waals surface area (Å²) in [5, 5.41) is 4.73. The van der Waals surface area contributed by atoms with Crippen molar-refractivity contribution < 1.29 is 9.63 Å². The minimum atomic E-state index is 0.141. The lowest BCUT2D eigenvalue weighted by atomic mass is 10.0. The third-order valence-electron chi connectivity index (χ3n) is 3.59. The first kappa shape index (κ1) is 9.93. The lowest BCUT2D eigenvalue weighted by Crippen LogP contribution is -2.31. The fourth-order valence-electron chi connectivity index (χ4n) is 2.71. The topological polar surface area (TPSA) is 41.6 Å². The Morgan fingerprint density at radius 2 is 1.93 bits per heavy atom. The van der Waals surface area contributed by atoms with Crippen LogP contribution in [0.25, 0.3) is 0 Å². The molecule has 1 amide bonds. The number of nitrogens with zero attached hydrogens (tertiary/aromatic N) is 1. The maximum absolute atomic E-state index is 11.8. The van der Waals surface area contributed by atoms with Gasteiger partial charge < -0.3 is 5.32 Å². The van der Waals surface area contributed by atoms with Crippen LogP contribution < -0.4 is 5.32 Å². The van der Waals surface area contributed by atoms with Gasteiger partial charge in [0, 0.05) is 13.0 Å². The maximum Gasteiger partial charge on any atom is 0.248 e. The molecule has 0 aromatic carbocycles. The summed E-state index contributed by atoms with van der Waals surface area (Å²) in [6, 6.07) is 0. The molecule has 1 aliphatic heterocycles. The molecule has 1 saturated carbocycles. The van der Waals surface area contributed by atoms with Crippen molar-refractivity contribution in [1.82, 2.24) is 10.4 Å². The normalized spacial score (nSPS) is 35.7. The molecular weight excluding hydrogens is 180 g/mol. The van der Waals surface area contributed by atoms with Crippen molar-refractivity contribution in [3.63, 3.8) is 0 Å². The van der Waals surface area contributed by atoms with Crippen LogP contribution in [0.3, 0.4) is 0 Å². The van der Waals surface area contributed by atoms with Gasteiger partial charge in [-0.2, -0.15) is 0 Å². The standard InChI is InChI=1S/C10H18N2O2/c1-12(14-2)10(13)7-3-8-5-11-6-9(8)4-7/h7-9,11H,3-6H2,1-2H3. The fourth-order valence-corrected chi connectivity index (χ4v) is 2.71. The quantitative estimate of drug-likeness (QED) is 0.647. The molecule has 1 heterocycles. The predicted molar refractivity (Wildman–Crippen MR) is 52.4 cm³/mol. The van der Waals surface area contributed by atoms with Crippen molar-refractivity contribution in [3.05, 3.63) is 0 Å². The number of nitrogens with one attached hydrogen (secondary N) is 1. The van der Waals surface area contributed by atoms with Gasteiger partial charge in [0.05, 0.1) is 7.11 Å². The highest BCUT2D eigenvalue weighted by Crippen LogP contribution is 2.39. The monoisotopic (exact) mass is 198 g/mol. The predicted octanol–water partition coefficient (Wildman–Crippen LogP) is 0.252. The largest absolute Gasteiger partial charge is 0.316 e. The average molecular weight is 198 g/mol. The Kier molecular flexibility index (Phi) is 2.74. The summed E-state index contributed by atoms with van der Waals surface area (Å²) >= 11 is 0. The second-order valence-electron chi connectivity index (χ2n) is 4.37. The highest BCUT2D eigenvalue weighted by atomic mass is 16.7. The Balaban J connectivity index is 1.92. The second-order valence-corrected chi connectivity index (χ2v) is 4.37. The van der Waals surface area contributed by atoms with Crippen LogP contribution in [-0.2, 0) is 9.63 Å². The number of rotatable bonds is 2. The van der Waals surface area contributed by atoms with Crippen LogP contribution in [0, 0.1) is 17.8 Å². The minimum Gasteiger partial charge on any atom is -0.316 e. The van der Waals surface area contributed by atoms with Crippen LogP contribution in [-0.4, -0.2) is 38.2 Å². The van der Waals surface area contributed by atoms with Crippen molar-refractivity contribution in [1.29, 1.82) is 0 Å². The molecule has 0 aromatic rings. The van der Waals surface area contributed by atoms with Gasteiger partial charge in [-0.05, 0) is 37.8 Å². The summed E-state index contributed by atoms with van der Waals surface area (Å²) in [5.41, 5.74) is 0. The van der Waals surface area contributed by atoms with E-state index in [0.29, 0.717) is 11.8 Å². The van der Waals surface area contributed by atoms with Gasteiger partial charge in [-0.15, -0.1) is 0 Å².